The molecule has 0 radical (unpaired) electrons. The molecule has 0 aromatic rings. The molecule has 18 heavy (non-hydrogen) atoms. The van der Waals surface area contributed by atoms with Gasteiger partial charge < -0.3 is 14.8 Å². The topological polar surface area (TPSA) is 30.5 Å². The highest BCUT2D eigenvalue weighted by Gasteiger charge is 2.42. The normalized spacial score (nSPS) is 29.2. The molecule has 3 nitrogen and oxygen atoms in total. The number of rotatable bonds is 6. The summed E-state index contributed by atoms with van der Waals surface area (Å²) in [5, 5.41) is 3.27. The molecular weight excluding hydrogens is 247 g/mol. The molecule has 2 atom stereocenters. The van der Waals surface area contributed by atoms with Crippen molar-refractivity contribution in [3.8, 4) is 0 Å². The standard InChI is InChI=1S/C12H22F3NO2/c1-9(2)16-6-11(4-5-18-10(11)3)7-17-8-12(13,14)15/h9-10,16H,4-8H2,1-3H3. The summed E-state index contributed by atoms with van der Waals surface area (Å²) in [6, 6.07) is 0.289. The Kier molecular flexibility index (Phi) is 5.43. The highest BCUT2D eigenvalue weighted by molar-refractivity contribution is 4.92. The minimum absolute atomic E-state index is 0.0768. The average Bonchev–Trinajstić information content (AvgIpc) is 2.56. The molecule has 0 saturated carbocycles. The van der Waals surface area contributed by atoms with Gasteiger partial charge in [0.2, 0.25) is 0 Å². The molecule has 1 N–H and O–H groups in total. The fraction of sp³-hybridized carbons (Fsp3) is 1.00. The summed E-state index contributed by atoms with van der Waals surface area (Å²) in [6.45, 7) is 5.98. The van der Waals surface area contributed by atoms with Crippen LogP contribution in [-0.4, -0.2) is 44.7 Å². The summed E-state index contributed by atoms with van der Waals surface area (Å²) < 4.78 is 46.6. The van der Waals surface area contributed by atoms with Crippen molar-refractivity contribution < 1.29 is 22.6 Å². The first-order valence-electron chi connectivity index (χ1n) is 6.25. The van der Waals surface area contributed by atoms with Crippen LogP contribution in [0.5, 0.6) is 0 Å². The third-order valence-corrected chi connectivity index (χ3v) is 3.35. The zero-order valence-electron chi connectivity index (χ0n) is 11.1. The van der Waals surface area contributed by atoms with E-state index in [9.17, 15) is 13.2 Å². The quantitative estimate of drug-likeness (QED) is 0.803. The van der Waals surface area contributed by atoms with E-state index in [4.69, 9.17) is 9.47 Å². The number of ether oxygens (including phenoxy) is 2. The van der Waals surface area contributed by atoms with Gasteiger partial charge in [-0.3, -0.25) is 0 Å². The smallest absolute Gasteiger partial charge is 0.378 e. The van der Waals surface area contributed by atoms with Crippen LogP contribution in [-0.2, 0) is 9.47 Å². The maximum atomic E-state index is 12.1. The number of alkyl halides is 3. The molecule has 6 heteroatoms. The Bertz CT molecular complexity index is 258. The Hall–Kier alpha value is -0.330. The summed E-state index contributed by atoms with van der Waals surface area (Å²) in [5.41, 5.74) is -0.352. The van der Waals surface area contributed by atoms with E-state index in [1.807, 2.05) is 20.8 Å². The van der Waals surface area contributed by atoms with Gasteiger partial charge >= 0.3 is 6.18 Å². The van der Waals surface area contributed by atoms with Crippen molar-refractivity contribution in [3.63, 3.8) is 0 Å². The van der Waals surface area contributed by atoms with E-state index >= 15 is 0 Å². The maximum Gasteiger partial charge on any atom is 0.411 e. The first-order valence-corrected chi connectivity index (χ1v) is 6.25. The van der Waals surface area contributed by atoms with Gasteiger partial charge in [-0.05, 0) is 13.3 Å². The van der Waals surface area contributed by atoms with Crippen LogP contribution in [0.3, 0.4) is 0 Å². The highest BCUT2D eigenvalue weighted by atomic mass is 19.4. The summed E-state index contributed by atoms with van der Waals surface area (Å²) in [4.78, 5) is 0. The molecule has 0 aliphatic carbocycles. The van der Waals surface area contributed by atoms with Gasteiger partial charge in [0.05, 0.1) is 12.7 Å². The zero-order chi connectivity index (χ0) is 13.8. The predicted octanol–water partition coefficient (Wildman–Crippen LogP) is 2.36. The molecule has 1 saturated heterocycles. The van der Waals surface area contributed by atoms with E-state index in [0.717, 1.165) is 6.42 Å². The average molecular weight is 269 g/mol. The molecule has 0 bridgehead atoms. The van der Waals surface area contributed by atoms with Gasteiger partial charge in [-0.1, -0.05) is 13.8 Å². The van der Waals surface area contributed by atoms with E-state index in [1.54, 1.807) is 0 Å². The van der Waals surface area contributed by atoms with E-state index in [1.165, 1.54) is 0 Å². The molecule has 108 valence electrons. The van der Waals surface area contributed by atoms with Crippen molar-refractivity contribution in [3.05, 3.63) is 0 Å². The lowest BCUT2D eigenvalue weighted by Crippen LogP contribution is -2.45. The lowest BCUT2D eigenvalue weighted by molar-refractivity contribution is -0.182. The number of hydrogen-bond acceptors (Lipinski definition) is 3. The van der Waals surface area contributed by atoms with Gasteiger partial charge in [-0.15, -0.1) is 0 Å². The molecule has 1 heterocycles. The van der Waals surface area contributed by atoms with Crippen molar-refractivity contribution in [2.45, 2.75) is 45.5 Å². The molecule has 0 aromatic heterocycles. The van der Waals surface area contributed by atoms with Crippen LogP contribution >= 0.6 is 0 Å². The molecule has 0 spiro atoms. The SMILES string of the molecule is CC(C)NCC1(COCC(F)(F)F)CCOC1C. The Morgan fingerprint density at radius 1 is 1.44 bits per heavy atom. The first kappa shape index (κ1) is 15.7. The van der Waals surface area contributed by atoms with Crippen LogP contribution in [0.2, 0.25) is 0 Å². The van der Waals surface area contributed by atoms with Crippen molar-refractivity contribution in [1.29, 1.82) is 0 Å². The largest absolute Gasteiger partial charge is 0.411 e. The number of hydrogen-bond donors (Lipinski definition) is 1. The second-order valence-electron chi connectivity index (χ2n) is 5.27. The van der Waals surface area contributed by atoms with Gasteiger partial charge in [0.15, 0.2) is 0 Å². The van der Waals surface area contributed by atoms with Crippen LogP contribution in [0.25, 0.3) is 0 Å². The lowest BCUT2D eigenvalue weighted by Gasteiger charge is -2.33. The van der Waals surface area contributed by atoms with Crippen molar-refractivity contribution in [1.82, 2.24) is 5.32 Å². The summed E-state index contributed by atoms with van der Waals surface area (Å²) in [6.07, 6.45) is -3.63. The first-order chi connectivity index (χ1) is 8.25. The van der Waals surface area contributed by atoms with Crippen LogP contribution in [0, 0.1) is 5.41 Å². The molecule has 0 amide bonds. The molecule has 0 aromatic carbocycles. The monoisotopic (exact) mass is 269 g/mol. The van der Waals surface area contributed by atoms with E-state index in [-0.39, 0.29) is 24.2 Å². The summed E-state index contributed by atoms with van der Waals surface area (Å²) >= 11 is 0. The van der Waals surface area contributed by atoms with Gasteiger partial charge in [-0.25, -0.2) is 0 Å². The minimum Gasteiger partial charge on any atom is -0.378 e. The predicted molar refractivity (Wildman–Crippen MR) is 62.5 cm³/mol. The van der Waals surface area contributed by atoms with Crippen LogP contribution in [0.15, 0.2) is 0 Å². The van der Waals surface area contributed by atoms with Gasteiger partial charge in [0.25, 0.3) is 0 Å². The van der Waals surface area contributed by atoms with Crippen LogP contribution in [0.4, 0.5) is 13.2 Å². The van der Waals surface area contributed by atoms with E-state index in [2.05, 4.69) is 5.32 Å². The summed E-state index contributed by atoms with van der Waals surface area (Å²) in [7, 11) is 0. The van der Waals surface area contributed by atoms with Gasteiger partial charge in [-0.2, -0.15) is 13.2 Å². The summed E-state index contributed by atoms with van der Waals surface area (Å²) in [5.74, 6) is 0. The van der Waals surface area contributed by atoms with E-state index < -0.39 is 12.8 Å². The third-order valence-electron chi connectivity index (χ3n) is 3.35. The lowest BCUT2D eigenvalue weighted by atomic mass is 9.82. The zero-order valence-corrected chi connectivity index (χ0v) is 11.1. The number of halogens is 3. The molecule has 2 unspecified atom stereocenters. The molecule has 1 aliphatic rings. The molecule has 1 rings (SSSR count). The van der Waals surface area contributed by atoms with Crippen molar-refractivity contribution >= 4 is 0 Å². The van der Waals surface area contributed by atoms with E-state index in [0.29, 0.717) is 13.2 Å². The Morgan fingerprint density at radius 2 is 2.11 bits per heavy atom. The highest BCUT2D eigenvalue weighted by Crippen LogP contribution is 2.35. The second kappa shape index (κ2) is 6.21. The molecular formula is C12H22F3NO2. The Morgan fingerprint density at radius 3 is 2.56 bits per heavy atom. The van der Waals surface area contributed by atoms with Crippen molar-refractivity contribution in [2.24, 2.45) is 5.41 Å². The third kappa shape index (κ3) is 4.74. The van der Waals surface area contributed by atoms with Crippen molar-refractivity contribution in [2.75, 3.05) is 26.4 Å². The van der Waals surface area contributed by atoms with Crippen LogP contribution < -0.4 is 5.32 Å². The minimum atomic E-state index is -4.27. The van der Waals surface area contributed by atoms with Gasteiger partial charge in [0.1, 0.15) is 6.61 Å². The molecule has 1 aliphatic heterocycles. The molecule has 1 fully saturated rings. The fourth-order valence-electron chi connectivity index (χ4n) is 2.07. The second-order valence-corrected chi connectivity index (χ2v) is 5.27. The Labute approximate surface area is 106 Å². The Balaban J connectivity index is 2.50. The number of nitrogens with one attached hydrogen (secondary N) is 1. The van der Waals surface area contributed by atoms with Gasteiger partial charge in [0, 0.05) is 24.6 Å². The maximum absolute atomic E-state index is 12.1. The fourth-order valence-corrected chi connectivity index (χ4v) is 2.07. The van der Waals surface area contributed by atoms with Crippen LogP contribution in [0.1, 0.15) is 27.2 Å².